The van der Waals surface area contributed by atoms with Gasteiger partial charge >= 0.3 is 0 Å². The number of aryl methyl sites for hydroxylation is 1. The minimum Gasteiger partial charge on any atom is -0.507 e. The van der Waals surface area contributed by atoms with E-state index < -0.39 is 0 Å². The maximum absolute atomic E-state index is 9.53. The third-order valence-corrected chi connectivity index (χ3v) is 2.13. The maximum atomic E-state index is 9.53. The van der Waals surface area contributed by atoms with Crippen molar-refractivity contribution in [3.63, 3.8) is 0 Å². The molecule has 0 unspecified atom stereocenters. The zero-order valence-electron chi connectivity index (χ0n) is 8.26. The van der Waals surface area contributed by atoms with Gasteiger partial charge in [0.05, 0.1) is 6.61 Å². The van der Waals surface area contributed by atoms with Crippen molar-refractivity contribution < 1.29 is 10.2 Å². The topological polar surface area (TPSA) is 40.5 Å². The highest BCUT2D eigenvalue weighted by Crippen LogP contribution is 2.26. The summed E-state index contributed by atoms with van der Waals surface area (Å²) >= 11 is 0. The molecule has 0 heterocycles. The fraction of sp³-hybridized carbons (Fsp3) is 0.364. The Hall–Kier alpha value is -1.02. The van der Waals surface area contributed by atoms with Crippen LogP contribution in [0, 0.1) is 12.8 Å². The first kappa shape index (κ1) is 10.1. The van der Waals surface area contributed by atoms with E-state index in [0.29, 0.717) is 5.56 Å². The Morgan fingerprint density at radius 3 is 2.38 bits per heavy atom. The van der Waals surface area contributed by atoms with Gasteiger partial charge in [0, 0.05) is 5.56 Å². The van der Waals surface area contributed by atoms with E-state index in [-0.39, 0.29) is 12.4 Å². The quantitative estimate of drug-likeness (QED) is 0.730. The van der Waals surface area contributed by atoms with E-state index in [2.05, 4.69) is 0 Å². The van der Waals surface area contributed by atoms with Gasteiger partial charge in [-0.3, -0.25) is 0 Å². The first-order chi connectivity index (χ1) is 6.06. The minimum atomic E-state index is -0.117. The maximum Gasteiger partial charge on any atom is 0.124 e. The van der Waals surface area contributed by atoms with E-state index in [1.54, 1.807) is 0 Å². The average Bonchev–Trinajstić information content (AvgIpc) is 2.09. The Morgan fingerprint density at radius 1 is 1.31 bits per heavy atom. The fourth-order valence-corrected chi connectivity index (χ4v) is 1.26. The van der Waals surface area contributed by atoms with Crippen LogP contribution in [0.1, 0.15) is 30.5 Å². The van der Waals surface area contributed by atoms with Gasteiger partial charge in [-0.1, -0.05) is 19.9 Å². The van der Waals surface area contributed by atoms with Gasteiger partial charge in [0.1, 0.15) is 5.75 Å². The third-order valence-electron chi connectivity index (χ3n) is 2.13. The van der Waals surface area contributed by atoms with Crippen molar-refractivity contribution in [2.75, 3.05) is 0 Å². The molecule has 13 heavy (non-hydrogen) atoms. The molecule has 1 radical (unpaired) electrons. The fourth-order valence-electron chi connectivity index (χ4n) is 1.26. The summed E-state index contributed by atoms with van der Waals surface area (Å²) in [5.74, 6) is 1.38. The van der Waals surface area contributed by atoms with Crippen LogP contribution in [0.2, 0.25) is 0 Å². The molecule has 2 heteroatoms. The van der Waals surface area contributed by atoms with Gasteiger partial charge in [-0.05, 0) is 30.0 Å². The highest BCUT2D eigenvalue weighted by molar-refractivity contribution is 5.46. The Balaban J connectivity index is 3.22. The average molecular weight is 179 g/mol. The normalized spacial score (nSPS) is 10.8. The molecule has 0 bridgehead atoms. The summed E-state index contributed by atoms with van der Waals surface area (Å²) in [5.41, 5.74) is 2.47. The molecule has 1 rings (SSSR count). The number of phenols is 1. The van der Waals surface area contributed by atoms with E-state index in [4.69, 9.17) is 5.11 Å². The molecule has 0 aliphatic heterocycles. The molecule has 0 aliphatic carbocycles. The molecule has 2 nitrogen and oxygen atoms in total. The number of benzene rings is 1. The number of hydrogen-bond acceptors (Lipinski definition) is 2. The molecule has 0 fully saturated rings. The largest absolute Gasteiger partial charge is 0.507 e. The van der Waals surface area contributed by atoms with Crippen LogP contribution in [0.5, 0.6) is 5.75 Å². The highest BCUT2D eigenvalue weighted by Gasteiger charge is 2.08. The molecular formula is C11H15O2. The highest BCUT2D eigenvalue weighted by atomic mass is 16.3. The van der Waals surface area contributed by atoms with E-state index >= 15 is 0 Å². The van der Waals surface area contributed by atoms with Crippen LogP contribution in [0.3, 0.4) is 0 Å². The van der Waals surface area contributed by atoms with Gasteiger partial charge in [0.15, 0.2) is 0 Å². The second kappa shape index (κ2) is 3.79. The SMILES string of the molecule is C[C](C)c1cc(C)c(O)c(CO)c1. The molecule has 0 atom stereocenters. The molecule has 0 aromatic heterocycles. The molecule has 0 spiro atoms. The van der Waals surface area contributed by atoms with E-state index in [0.717, 1.165) is 11.1 Å². The lowest BCUT2D eigenvalue weighted by Crippen LogP contribution is -1.94. The van der Waals surface area contributed by atoms with Crippen molar-refractivity contribution in [2.45, 2.75) is 27.4 Å². The van der Waals surface area contributed by atoms with Crippen LogP contribution < -0.4 is 0 Å². The van der Waals surface area contributed by atoms with Gasteiger partial charge < -0.3 is 10.2 Å². The van der Waals surface area contributed by atoms with Gasteiger partial charge in [0.25, 0.3) is 0 Å². The Labute approximate surface area is 78.8 Å². The zero-order valence-corrected chi connectivity index (χ0v) is 8.26. The molecule has 2 N–H and O–H groups in total. The van der Waals surface area contributed by atoms with E-state index in [9.17, 15) is 5.11 Å². The Morgan fingerprint density at radius 2 is 1.92 bits per heavy atom. The van der Waals surface area contributed by atoms with Crippen LogP contribution in [-0.2, 0) is 6.61 Å². The van der Waals surface area contributed by atoms with Crippen molar-refractivity contribution in [2.24, 2.45) is 0 Å². The predicted octanol–water partition coefficient (Wildman–Crippen LogP) is 2.16. The molecular weight excluding hydrogens is 164 g/mol. The van der Waals surface area contributed by atoms with Crippen molar-refractivity contribution in [3.05, 3.63) is 34.7 Å². The van der Waals surface area contributed by atoms with Crippen molar-refractivity contribution >= 4 is 0 Å². The van der Waals surface area contributed by atoms with Gasteiger partial charge in [-0.2, -0.15) is 0 Å². The molecule has 0 saturated carbocycles. The van der Waals surface area contributed by atoms with E-state index in [1.807, 2.05) is 32.9 Å². The predicted molar refractivity (Wildman–Crippen MR) is 52.5 cm³/mol. The second-order valence-electron chi connectivity index (χ2n) is 3.46. The summed E-state index contributed by atoms with van der Waals surface area (Å²) in [5, 5.41) is 18.5. The number of rotatable bonds is 2. The first-order valence-corrected chi connectivity index (χ1v) is 4.30. The van der Waals surface area contributed by atoms with Crippen molar-refractivity contribution in [1.82, 2.24) is 0 Å². The molecule has 0 amide bonds. The lowest BCUT2D eigenvalue weighted by atomic mass is 9.97. The summed E-state index contributed by atoms with van der Waals surface area (Å²) in [6.07, 6.45) is 0. The standard InChI is InChI=1S/C11H15O2/c1-7(2)9-4-8(3)11(13)10(5-9)6-12/h4-5,12-13H,6H2,1-3H3. The van der Waals surface area contributed by atoms with Crippen LogP contribution in [-0.4, -0.2) is 10.2 Å². The number of aliphatic hydroxyl groups is 1. The summed E-state index contributed by atoms with van der Waals surface area (Å²) in [4.78, 5) is 0. The number of aliphatic hydroxyl groups excluding tert-OH is 1. The van der Waals surface area contributed by atoms with Crippen LogP contribution in [0.4, 0.5) is 0 Å². The van der Waals surface area contributed by atoms with Crippen LogP contribution in [0.25, 0.3) is 0 Å². The van der Waals surface area contributed by atoms with Gasteiger partial charge in [0.2, 0.25) is 0 Å². The Bertz CT molecular complexity index is 303. The zero-order chi connectivity index (χ0) is 10.0. The van der Waals surface area contributed by atoms with Gasteiger partial charge in [-0.25, -0.2) is 0 Å². The number of aromatic hydroxyl groups is 1. The summed E-state index contributed by atoms with van der Waals surface area (Å²) < 4.78 is 0. The summed E-state index contributed by atoms with van der Waals surface area (Å²) in [6.45, 7) is 5.73. The monoisotopic (exact) mass is 179 g/mol. The summed E-state index contributed by atoms with van der Waals surface area (Å²) in [7, 11) is 0. The Kier molecular flexibility index (Phi) is 2.94. The smallest absolute Gasteiger partial charge is 0.124 e. The van der Waals surface area contributed by atoms with Gasteiger partial charge in [-0.15, -0.1) is 0 Å². The molecule has 1 aromatic carbocycles. The lowest BCUT2D eigenvalue weighted by molar-refractivity contribution is 0.275. The summed E-state index contributed by atoms with van der Waals surface area (Å²) in [6, 6.07) is 3.74. The third kappa shape index (κ3) is 2.01. The number of hydrogen-bond donors (Lipinski definition) is 2. The van der Waals surface area contributed by atoms with Crippen LogP contribution >= 0.6 is 0 Å². The van der Waals surface area contributed by atoms with Crippen molar-refractivity contribution in [3.8, 4) is 5.75 Å². The molecule has 0 saturated heterocycles. The molecule has 0 aliphatic rings. The molecule has 1 aromatic rings. The van der Waals surface area contributed by atoms with Crippen LogP contribution in [0.15, 0.2) is 12.1 Å². The van der Waals surface area contributed by atoms with Crippen molar-refractivity contribution in [1.29, 1.82) is 0 Å². The molecule has 71 valence electrons. The lowest BCUT2D eigenvalue weighted by Gasteiger charge is -2.10. The second-order valence-corrected chi connectivity index (χ2v) is 3.46. The van der Waals surface area contributed by atoms with E-state index in [1.165, 1.54) is 5.92 Å². The minimum absolute atomic E-state index is 0.117. The first-order valence-electron chi connectivity index (χ1n) is 4.30.